The van der Waals surface area contributed by atoms with Crippen LogP contribution in [0, 0.1) is 6.92 Å². The molecule has 9 nitrogen and oxygen atoms in total. The molecule has 4 aromatic carbocycles. The quantitative estimate of drug-likeness (QED) is 0.0640. The highest BCUT2D eigenvalue weighted by atomic mass is 32.2. The number of anilines is 2. The maximum Gasteiger partial charge on any atom is 0.341 e. The van der Waals surface area contributed by atoms with Crippen molar-refractivity contribution in [3.63, 3.8) is 0 Å². The summed E-state index contributed by atoms with van der Waals surface area (Å²) < 4.78 is 11.2. The van der Waals surface area contributed by atoms with Gasteiger partial charge in [-0.3, -0.25) is 14.4 Å². The minimum atomic E-state index is -0.545. The van der Waals surface area contributed by atoms with Crippen molar-refractivity contribution in [3.8, 4) is 11.3 Å². The first-order valence-electron chi connectivity index (χ1n) is 18.6. The van der Waals surface area contributed by atoms with Gasteiger partial charge in [-0.25, -0.2) is 4.79 Å². The number of hydrogen-bond donors (Lipinski definition) is 3. The summed E-state index contributed by atoms with van der Waals surface area (Å²) in [5.41, 5.74) is 5.56. The zero-order chi connectivity index (χ0) is 39.9. The van der Waals surface area contributed by atoms with Gasteiger partial charge in [0.05, 0.1) is 17.9 Å². The lowest BCUT2D eigenvalue weighted by atomic mass is 9.83. The van der Waals surface area contributed by atoms with Crippen LogP contribution in [-0.4, -0.2) is 36.1 Å². The lowest BCUT2D eigenvalue weighted by Gasteiger charge is -2.22. The largest absolute Gasteiger partial charge is 0.465 e. The zero-order valence-corrected chi connectivity index (χ0v) is 33.3. The molecule has 3 amide bonds. The molecule has 288 valence electrons. The van der Waals surface area contributed by atoms with Gasteiger partial charge in [-0.1, -0.05) is 78.4 Å². The van der Waals surface area contributed by atoms with E-state index in [1.165, 1.54) is 41.8 Å². The van der Waals surface area contributed by atoms with E-state index >= 15 is 0 Å². The van der Waals surface area contributed by atoms with E-state index in [1.54, 1.807) is 49.4 Å². The van der Waals surface area contributed by atoms with Crippen molar-refractivity contribution in [3.05, 3.63) is 165 Å². The van der Waals surface area contributed by atoms with Gasteiger partial charge in [0.1, 0.15) is 22.2 Å². The van der Waals surface area contributed by atoms with E-state index < -0.39 is 23.0 Å². The van der Waals surface area contributed by atoms with Gasteiger partial charge >= 0.3 is 5.97 Å². The molecule has 0 spiro atoms. The molecular weight excluding hydrogens is 755 g/mol. The van der Waals surface area contributed by atoms with E-state index in [2.05, 4.69) is 28.1 Å². The molecular formula is C46H41N3O6S2. The number of esters is 1. The van der Waals surface area contributed by atoms with E-state index in [9.17, 15) is 19.2 Å². The molecule has 2 heterocycles. The third kappa shape index (κ3) is 9.45. The van der Waals surface area contributed by atoms with Gasteiger partial charge in [-0.15, -0.1) is 23.1 Å². The topological polar surface area (TPSA) is 127 Å². The van der Waals surface area contributed by atoms with E-state index in [4.69, 9.17) is 9.15 Å². The van der Waals surface area contributed by atoms with Gasteiger partial charge in [0, 0.05) is 32.7 Å². The molecule has 0 fully saturated rings. The van der Waals surface area contributed by atoms with Crippen molar-refractivity contribution in [2.75, 3.05) is 17.7 Å². The van der Waals surface area contributed by atoms with Crippen molar-refractivity contribution in [2.45, 2.75) is 49.2 Å². The maximum atomic E-state index is 13.7. The smallest absolute Gasteiger partial charge is 0.341 e. The molecule has 0 aliphatic heterocycles. The van der Waals surface area contributed by atoms with Crippen molar-refractivity contribution in [2.24, 2.45) is 0 Å². The normalized spacial score (nSPS) is 14.2. The van der Waals surface area contributed by atoms with Crippen molar-refractivity contribution >= 4 is 63.6 Å². The predicted octanol–water partition coefficient (Wildman–Crippen LogP) is 9.90. The lowest BCUT2D eigenvalue weighted by Crippen LogP contribution is -2.30. The number of nitrogens with one attached hydrogen (secondary N) is 3. The fraction of sp³-hybridized carbons (Fsp3) is 0.174. The number of thioether (sulfide) groups is 1. The molecule has 0 bridgehead atoms. The predicted molar refractivity (Wildman–Crippen MR) is 227 cm³/mol. The Hall–Kier alpha value is -6.17. The molecule has 2 aromatic heterocycles. The Morgan fingerprint density at radius 2 is 1.56 bits per heavy atom. The van der Waals surface area contributed by atoms with Crippen LogP contribution in [0.1, 0.15) is 67.3 Å². The van der Waals surface area contributed by atoms with E-state index in [1.807, 2.05) is 73.7 Å². The number of aryl methyl sites for hydroxylation is 1. The molecule has 11 heteroatoms. The number of carbonyl (C=O) groups is 4. The summed E-state index contributed by atoms with van der Waals surface area (Å²) in [6, 6.07) is 37.5. The fourth-order valence-corrected chi connectivity index (χ4v) is 8.86. The average molecular weight is 796 g/mol. The average Bonchev–Trinajstić information content (AvgIpc) is 3.85. The molecule has 3 N–H and O–H groups in total. The van der Waals surface area contributed by atoms with E-state index in [-0.39, 0.29) is 11.6 Å². The number of methoxy groups -OCH3 is 1. The number of carbonyl (C=O) groups excluding carboxylic acids is 4. The lowest BCUT2D eigenvalue weighted by molar-refractivity contribution is -0.115. The summed E-state index contributed by atoms with van der Waals surface area (Å²) >= 11 is 2.80. The van der Waals surface area contributed by atoms with Crippen molar-refractivity contribution < 1.29 is 28.3 Å². The molecule has 1 aliphatic carbocycles. The van der Waals surface area contributed by atoms with E-state index in [0.717, 1.165) is 45.7 Å². The number of benzene rings is 4. The van der Waals surface area contributed by atoms with Gasteiger partial charge in [-0.2, -0.15) is 0 Å². The highest BCUT2D eigenvalue weighted by Gasteiger charge is 2.31. The molecule has 7 rings (SSSR count). The van der Waals surface area contributed by atoms with Crippen LogP contribution in [0.4, 0.5) is 10.7 Å². The Morgan fingerprint density at radius 1 is 0.860 bits per heavy atom. The number of amides is 3. The Morgan fingerprint density at radius 3 is 2.26 bits per heavy atom. The molecule has 57 heavy (non-hydrogen) atoms. The standard InChI is InChI=1S/C46H41N3O6S2/c1-28-14-16-31(17-15-28)39-25-21-35(55-39)27-38(48-43(51)32-12-8-5-9-13-32)44(52)47-34-19-22-36(23-20-34)56-29(2)42(50)49-45-41(46(53)54-3)37-24-18-33(26-40(37)57-45)30-10-6-4-7-11-30/h4-17,19-23,25,27,29,33H,18,24,26H2,1-3H3,(H,47,52)(H,48,51)(H,49,50)/b38-27-/t29-,33-/m0/s1. The molecule has 1 aliphatic rings. The van der Waals surface area contributed by atoms with Crippen LogP contribution in [0.3, 0.4) is 0 Å². The van der Waals surface area contributed by atoms with Crippen LogP contribution in [-0.2, 0) is 27.2 Å². The summed E-state index contributed by atoms with van der Waals surface area (Å²) in [4.78, 5) is 55.2. The van der Waals surface area contributed by atoms with Crippen LogP contribution < -0.4 is 16.0 Å². The second-order valence-electron chi connectivity index (χ2n) is 13.7. The monoisotopic (exact) mass is 795 g/mol. The van der Waals surface area contributed by atoms with Gasteiger partial charge < -0.3 is 25.1 Å². The Balaban J connectivity index is 1.02. The summed E-state index contributed by atoms with van der Waals surface area (Å²) in [6.45, 7) is 3.81. The van der Waals surface area contributed by atoms with Gasteiger partial charge in [0.15, 0.2) is 0 Å². The van der Waals surface area contributed by atoms with E-state index in [0.29, 0.717) is 39.3 Å². The molecule has 6 aromatic rings. The third-order valence-corrected chi connectivity index (χ3v) is 12.0. The summed E-state index contributed by atoms with van der Waals surface area (Å²) in [5, 5.41) is 8.63. The van der Waals surface area contributed by atoms with Gasteiger partial charge in [0.2, 0.25) is 5.91 Å². The fourth-order valence-electron chi connectivity index (χ4n) is 6.68. The molecule has 0 saturated carbocycles. The molecule has 0 unspecified atom stereocenters. The first-order chi connectivity index (χ1) is 27.6. The Bertz CT molecular complexity index is 2420. The number of fused-ring (bicyclic) bond motifs is 1. The first-order valence-corrected chi connectivity index (χ1v) is 20.3. The molecule has 0 saturated heterocycles. The van der Waals surface area contributed by atoms with Gasteiger partial charge in [-0.05, 0) is 98.7 Å². The number of thiophene rings is 1. The highest BCUT2D eigenvalue weighted by Crippen LogP contribution is 2.43. The number of ether oxygens (including phenoxy) is 1. The molecule has 0 radical (unpaired) electrons. The van der Waals surface area contributed by atoms with Crippen LogP contribution in [0.15, 0.2) is 136 Å². The number of rotatable bonds is 12. The van der Waals surface area contributed by atoms with Gasteiger partial charge in [0.25, 0.3) is 11.8 Å². The van der Waals surface area contributed by atoms with Crippen molar-refractivity contribution in [1.29, 1.82) is 0 Å². The van der Waals surface area contributed by atoms with Crippen LogP contribution in [0.2, 0.25) is 0 Å². The highest BCUT2D eigenvalue weighted by molar-refractivity contribution is 8.00. The summed E-state index contributed by atoms with van der Waals surface area (Å²) in [7, 11) is 1.36. The second-order valence-corrected chi connectivity index (χ2v) is 16.2. The number of furan rings is 1. The maximum absolute atomic E-state index is 13.7. The van der Waals surface area contributed by atoms with Crippen LogP contribution in [0.5, 0.6) is 0 Å². The molecule has 2 atom stereocenters. The zero-order valence-electron chi connectivity index (χ0n) is 31.7. The first kappa shape index (κ1) is 39.1. The SMILES string of the molecule is COC(=O)c1c(NC(=O)[C@H](C)Sc2ccc(NC(=O)/C(=C/c3ccc(-c4ccc(C)cc4)o3)NC(=O)c3ccccc3)cc2)sc2c1CC[C@H](c1ccccc1)C2. The van der Waals surface area contributed by atoms with Crippen LogP contribution >= 0.6 is 23.1 Å². The summed E-state index contributed by atoms with van der Waals surface area (Å²) in [5.74, 6) is -0.323. The Labute approximate surface area is 339 Å². The van der Waals surface area contributed by atoms with Crippen LogP contribution in [0.25, 0.3) is 17.4 Å². The minimum absolute atomic E-state index is 0.00503. The Kier molecular flexibility index (Phi) is 12.2. The summed E-state index contributed by atoms with van der Waals surface area (Å²) in [6.07, 6.45) is 3.93. The second kappa shape index (κ2) is 17.7. The third-order valence-electron chi connectivity index (χ3n) is 9.74. The van der Waals surface area contributed by atoms with Crippen molar-refractivity contribution in [1.82, 2.24) is 5.32 Å². The number of hydrogen-bond acceptors (Lipinski definition) is 8. The minimum Gasteiger partial charge on any atom is -0.465 e.